The van der Waals surface area contributed by atoms with Crippen molar-refractivity contribution in [1.29, 1.82) is 0 Å². The van der Waals surface area contributed by atoms with E-state index in [1.54, 1.807) is 0 Å². The van der Waals surface area contributed by atoms with Crippen molar-refractivity contribution in [2.24, 2.45) is 11.7 Å². The molecule has 0 saturated heterocycles. The van der Waals surface area contributed by atoms with E-state index in [-0.39, 0.29) is 17.9 Å². The zero-order valence-electron chi connectivity index (χ0n) is 13.4. The second-order valence-electron chi connectivity index (χ2n) is 6.02. The van der Waals surface area contributed by atoms with Crippen LogP contribution in [0.3, 0.4) is 0 Å². The van der Waals surface area contributed by atoms with Gasteiger partial charge in [0.2, 0.25) is 5.91 Å². The highest BCUT2D eigenvalue weighted by atomic mass is 16.2. The van der Waals surface area contributed by atoms with Gasteiger partial charge in [-0.3, -0.25) is 4.79 Å². The molecular weight excluding hydrogens is 248 g/mol. The van der Waals surface area contributed by atoms with Crippen molar-refractivity contribution in [3.63, 3.8) is 0 Å². The Morgan fingerprint density at radius 1 is 1.20 bits per heavy atom. The van der Waals surface area contributed by atoms with E-state index in [2.05, 4.69) is 44.3 Å². The van der Waals surface area contributed by atoms with E-state index in [9.17, 15) is 4.79 Å². The maximum atomic E-state index is 12.0. The van der Waals surface area contributed by atoms with Crippen LogP contribution in [0, 0.1) is 19.8 Å². The third-order valence-corrected chi connectivity index (χ3v) is 3.77. The molecule has 3 heteroatoms. The molecule has 0 saturated carbocycles. The number of carbonyl (C=O) groups is 1. The molecule has 1 aromatic rings. The molecule has 0 aromatic heterocycles. The molecule has 0 radical (unpaired) electrons. The number of rotatable bonds is 6. The molecule has 0 aliphatic carbocycles. The first kappa shape index (κ1) is 16.7. The number of hydrogen-bond donors (Lipinski definition) is 2. The average molecular weight is 276 g/mol. The molecule has 20 heavy (non-hydrogen) atoms. The number of amides is 1. The highest BCUT2D eigenvalue weighted by Crippen LogP contribution is 2.11. The second kappa shape index (κ2) is 7.44. The molecule has 112 valence electrons. The molecule has 0 bridgehead atoms. The molecule has 0 heterocycles. The Hall–Kier alpha value is -1.35. The van der Waals surface area contributed by atoms with E-state index < -0.39 is 6.04 Å². The van der Waals surface area contributed by atoms with E-state index in [0.29, 0.717) is 0 Å². The zero-order valence-corrected chi connectivity index (χ0v) is 13.4. The maximum absolute atomic E-state index is 12.0. The zero-order chi connectivity index (χ0) is 15.3. The van der Waals surface area contributed by atoms with Crippen molar-refractivity contribution in [3.8, 4) is 0 Å². The summed E-state index contributed by atoms with van der Waals surface area (Å²) >= 11 is 0. The van der Waals surface area contributed by atoms with Crippen LogP contribution in [0.5, 0.6) is 0 Å². The molecule has 0 spiro atoms. The summed E-state index contributed by atoms with van der Waals surface area (Å²) in [5.74, 6) is 0.166. The topological polar surface area (TPSA) is 55.1 Å². The molecule has 0 aliphatic heterocycles. The summed E-state index contributed by atoms with van der Waals surface area (Å²) in [6, 6.07) is 6.18. The monoisotopic (exact) mass is 276 g/mol. The van der Waals surface area contributed by atoms with Crippen molar-refractivity contribution < 1.29 is 4.79 Å². The van der Waals surface area contributed by atoms with Crippen LogP contribution >= 0.6 is 0 Å². The third kappa shape index (κ3) is 4.97. The van der Waals surface area contributed by atoms with E-state index in [0.717, 1.165) is 12.8 Å². The van der Waals surface area contributed by atoms with Crippen LogP contribution in [0.15, 0.2) is 18.2 Å². The van der Waals surface area contributed by atoms with Crippen LogP contribution in [-0.4, -0.2) is 18.0 Å². The van der Waals surface area contributed by atoms with Crippen molar-refractivity contribution in [2.45, 2.75) is 59.5 Å². The van der Waals surface area contributed by atoms with Gasteiger partial charge in [0.1, 0.15) is 0 Å². The van der Waals surface area contributed by atoms with Gasteiger partial charge in [-0.15, -0.1) is 0 Å². The number of nitrogens with two attached hydrogens (primary N) is 1. The van der Waals surface area contributed by atoms with Crippen molar-refractivity contribution in [2.75, 3.05) is 0 Å². The molecule has 1 aromatic carbocycles. The first-order chi connectivity index (χ1) is 9.33. The van der Waals surface area contributed by atoms with Crippen LogP contribution in [0.4, 0.5) is 0 Å². The molecule has 1 rings (SSSR count). The molecule has 3 unspecified atom stereocenters. The summed E-state index contributed by atoms with van der Waals surface area (Å²) in [4.78, 5) is 12.0. The van der Waals surface area contributed by atoms with Gasteiger partial charge in [0.05, 0.1) is 6.04 Å². The minimum absolute atomic E-state index is 0.0452. The fourth-order valence-electron chi connectivity index (χ4n) is 2.44. The normalized spacial score (nSPS) is 15.5. The Morgan fingerprint density at radius 2 is 1.75 bits per heavy atom. The standard InChI is InChI=1S/C17H28N2O/c1-6-13(4)16(18)17(20)19-14(5)10-15-8-11(2)7-12(3)9-15/h7-9,13-14,16H,6,10,18H2,1-5H3,(H,19,20). The minimum atomic E-state index is -0.415. The van der Waals surface area contributed by atoms with Gasteiger partial charge >= 0.3 is 0 Å². The number of benzene rings is 1. The molecule has 1 amide bonds. The van der Waals surface area contributed by atoms with Crippen LogP contribution in [0.25, 0.3) is 0 Å². The quantitative estimate of drug-likeness (QED) is 0.839. The van der Waals surface area contributed by atoms with Gasteiger partial charge in [0.15, 0.2) is 0 Å². The highest BCUT2D eigenvalue weighted by molar-refractivity contribution is 5.82. The molecule has 3 N–H and O–H groups in total. The van der Waals surface area contributed by atoms with E-state index in [1.807, 2.05) is 13.8 Å². The van der Waals surface area contributed by atoms with Crippen molar-refractivity contribution in [3.05, 3.63) is 34.9 Å². The summed E-state index contributed by atoms with van der Waals surface area (Å²) in [6.45, 7) is 10.3. The van der Waals surface area contributed by atoms with Crippen LogP contribution in [0.2, 0.25) is 0 Å². The Balaban J connectivity index is 2.59. The lowest BCUT2D eigenvalue weighted by Crippen LogP contribution is -2.48. The van der Waals surface area contributed by atoms with Gasteiger partial charge in [0.25, 0.3) is 0 Å². The summed E-state index contributed by atoms with van der Waals surface area (Å²) in [7, 11) is 0. The first-order valence-corrected chi connectivity index (χ1v) is 7.46. The van der Waals surface area contributed by atoms with Gasteiger partial charge < -0.3 is 11.1 Å². The van der Waals surface area contributed by atoms with Gasteiger partial charge in [-0.05, 0) is 38.7 Å². The highest BCUT2D eigenvalue weighted by Gasteiger charge is 2.20. The van der Waals surface area contributed by atoms with Crippen LogP contribution in [-0.2, 0) is 11.2 Å². The minimum Gasteiger partial charge on any atom is -0.352 e. The number of carbonyl (C=O) groups excluding carboxylic acids is 1. The number of aryl methyl sites for hydroxylation is 2. The number of nitrogens with one attached hydrogen (secondary N) is 1. The molecule has 3 atom stereocenters. The fourth-order valence-corrected chi connectivity index (χ4v) is 2.44. The van der Waals surface area contributed by atoms with E-state index in [4.69, 9.17) is 5.73 Å². The van der Waals surface area contributed by atoms with Gasteiger partial charge in [-0.1, -0.05) is 49.6 Å². The Morgan fingerprint density at radius 3 is 2.25 bits per heavy atom. The smallest absolute Gasteiger partial charge is 0.237 e. The maximum Gasteiger partial charge on any atom is 0.237 e. The van der Waals surface area contributed by atoms with Gasteiger partial charge in [-0.2, -0.15) is 0 Å². The predicted octanol–water partition coefficient (Wildman–Crippen LogP) is 2.72. The van der Waals surface area contributed by atoms with Crippen molar-refractivity contribution in [1.82, 2.24) is 5.32 Å². The van der Waals surface area contributed by atoms with Crippen LogP contribution < -0.4 is 11.1 Å². The lowest BCUT2D eigenvalue weighted by molar-refractivity contribution is -0.124. The summed E-state index contributed by atoms with van der Waals surface area (Å²) in [5.41, 5.74) is 9.72. The largest absolute Gasteiger partial charge is 0.352 e. The number of hydrogen-bond acceptors (Lipinski definition) is 2. The van der Waals surface area contributed by atoms with E-state index >= 15 is 0 Å². The van der Waals surface area contributed by atoms with Crippen molar-refractivity contribution >= 4 is 5.91 Å². The summed E-state index contributed by atoms with van der Waals surface area (Å²) in [6.07, 6.45) is 1.75. The average Bonchev–Trinajstić information content (AvgIpc) is 2.35. The van der Waals surface area contributed by atoms with Gasteiger partial charge in [-0.25, -0.2) is 0 Å². The fraction of sp³-hybridized carbons (Fsp3) is 0.588. The summed E-state index contributed by atoms with van der Waals surface area (Å²) < 4.78 is 0. The van der Waals surface area contributed by atoms with Gasteiger partial charge in [0, 0.05) is 6.04 Å². The van der Waals surface area contributed by atoms with Crippen LogP contribution in [0.1, 0.15) is 43.9 Å². The first-order valence-electron chi connectivity index (χ1n) is 7.46. The Kier molecular flexibility index (Phi) is 6.21. The third-order valence-electron chi connectivity index (χ3n) is 3.77. The lowest BCUT2D eigenvalue weighted by atomic mass is 9.98. The summed E-state index contributed by atoms with van der Waals surface area (Å²) in [5, 5.41) is 3.02. The lowest BCUT2D eigenvalue weighted by Gasteiger charge is -2.21. The molecular formula is C17H28N2O. The Labute approximate surface area is 122 Å². The Bertz CT molecular complexity index is 436. The SMILES string of the molecule is CCC(C)C(N)C(=O)NC(C)Cc1cc(C)cc(C)c1. The second-order valence-corrected chi connectivity index (χ2v) is 6.02. The molecule has 3 nitrogen and oxygen atoms in total. The molecule has 0 fully saturated rings. The van der Waals surface area contributed by atoms with E-state index in [1.165, 1.54) is 16.7 Å². The molecule has 0 aliphatic rings. The predicted molar refractivity (Wildman–Crippen MR) is 84.7 cm³/mol.